The molecule has 0 aliphatic heterocycles. The van der Waals surface area contributed by atoms with Crippen LogP contribution in [0.15, 0.2) is 47.3 Å². The van der Waals surface area contributed by atoms with E-state index in [-0.39, 0.29) is 11.3 Å². The van der Waals surface area contributed by atoms with Gasteiger partial charge in [-0.3, -0.25) is 4.79 Å². The van der Waals surface area contributed by atoms with E-state index >= 15 is 0 Å². The number of nitriles is 1. The summed E-state index contributed by atoms with van der Waals surface area (Å²) in [5, 5.41) is 15.7. The molecular formula is C18H13BrF2N6O2. The van der Waals surface area contributed by atoms with Gasteiger partial charge in [0.15, 0.2) is 11.6 Å². The lowest BCUT2D eigenvalue weighted by atomic mass is 10.2. The van der Waals surface area contributed by atoms with Gasteiger partial charge >= 0.3 is 6.61 Å². The zero-order valence-electron chi connectivity index (χ0n) is 14.9. The summed E-state index contributed by atoms with van der Waals surface area (Å²) in [6, 6.07) is 8.61. The van der Waals surface area contributed by atoms with Crippen molar-refractivity contribution in [2.45, 2.75) is 19.6 Å². The summed E-state index contributed by atoms with van der Waals surface area (Å²) in [5.74, 6) is 0.166. The van der Waals surface area contributed by atoms with Crippen LogP contribution in [0.1, 0.15) is 34.7 Å². The fraction of sp³-hybridized carbons (Fsp3) is 0.167. The van der Waals surface area contributed by atoms with Crippen LogP contribution in [0.2, 0.25) is 0 Å². The molecule has 0 radical (unpaired) electrons. The van der Waals surface area contributed by atoms with Crippen molar-refractivity contribution in [2.75, 3.05) is 0 Å². The summed E-state index contributed by atoms with van der Waals surface area (Å²) in [5.41, 5.74) is 0.526. The molecule has 0 aliphatic rings. The van der Waals surface area contributed by atoms with Crippen LogP contribution in [0.25, 0.3) is 5.82 Å². The summed E-state index contributed by atoms with van der Waals surface area (Å²) in [4.78, 5) is 20.9. The molecule has 0 saturated carbocycles. The number of rotatable bonds is 6. The molecule has 0 bridgehead atoms. The van der Waals surface area contributed by atoms with Crippen LogP contribution < -0.4 is 10.1 Å². The highest BCUT2D eigenvalue weighted by atomic mass is 79.9. The number of halogens is 3. The molecule has 3 aromatic rings. The molecule has 2 heterocycles. The number of nitrogens with zero attached hydrogens (tertiary/aromatic N) is 5. The molecule has 1 amide bonds. The van der Waals surface area contributed by atoms with Crippen molar-refractivity contribution in [3.63, 3.8) is 0 Å². The first kappa shape index (κ1) is 20.3. The molecule has 2 aromatic heterocycles. The SMILES string of the molecule is CC(NC(=O)c1cc(Br)cc(OC(F)F)c1)c1ncnn1-c1ccc(C#N)cn1. The Balaban J connectivity index is 1.80. The number of hydrogen-bond donors (Lipinski definition) is 1. The molecule has 0 spiro atoms. The van der Waals surface area contributed by atoms with E-state index in [4.69, 9.17) is 5.26 Å². The Morgan fingerprint density at radius 3 is 2.76 bits per heavy atom. The number of pyridine rings is 1. The van der Waals surface area contributed by atoms with E-state index in [0.717, 1.165) is 0 Å². The summed E-state index contributed by atoms with van der Waals surface area (Å²) in [6.45, 7) is -1.31. The second-order valence-electron chi connectivity index (χ2n) is 5.80. The zero-order chi connectivity index (χ0) is 21.0. The molecule has 8 nitrogen and oxygen atoms in total. The van der Waals surface area contributed by atoms with E-state index in [1.807, 2.05) is 6.07 Å². The van der Waals surface area contributed by atoms with Gasteiger partial charge in [0, 0.05) is 16.2 Å². The van der Waals surface area contributed by atoms with Crippen LogP contribution in [0.4, 0.5) is 8.78 Å². The number of benzene rings is 1. The van der Waals surface area contributed by atoms with Gasteiger partial charge in [-0.1, -0.05) is 15.9 Å². The number of nitrogens with one attached hydrogen (secondary N) is 1. The number of carbonyl (C=O) groups is 1. The van der Waals surface area contributed by atoms with Crippen molar-refractivity contribution in [3.8, 4) is 17.6 Å². The monoisotopic (exact) mass is 462 g/mol. The van der Waals surface area contributed by atoms with Crippen LogP contribution in [0.3, 0.4) is 0 Å². The molecule has 3 rings (SSSR count). The van der Waals surface area contributed by atoms with Gasteiger partial charge in [0.2, 0.25) is 0 Å². The van der Waals surface area contributed by atoms with E-state index in [2.05, 4.69) is 41.1 Å². The Bertz CT molecular complexity index is 1060. The van der Waals surface area contributed by atoms with Crippen LogP contribution >= 0.6 is 15.9 Å². The number of alkyl halides is 2. The fourth-order valence-electron chi connectivity index (χ4n) is 2.51. The molecule has 1 unspecified atom stereocenters. The highest BCUT2D eigenvalue weighted by molar-refractivity contribution is 9.10. The van der Waals surface area contributed by atoms with Gasteiger partial charge in [-0.15, -0.1) is 0 Å². The molecule has 11 heteroatoms. The fourth-order valence-corrected chi connectivity index (χ4v) is 2.98. The Hall–Kier alpha value is -3.39. The van der Waals surface area contributed by atoms with Crippen molar-refractivity contribution < 1.29 is 18.3 Å². The van der Waals surface area contributed by atoms with Crippen molar-refractivity contribution >= 4 is 21.8 Å². The van der Waals surface area contributed by atoms with Crippen LogP contribution in [0.5, 0.6) is 5.75 Å². The summed E-state index contributed by atoms with van der Waals surface area (Å²) in [7, 11) is 0. The topological polar surface area (TPSA) is 106 Å². The smallest absolute Gasteiger partial charge is 0.387 e. The van der Waals surface area contributed by atoms with Gasteiger partial charge < -0.3 is 10.1 Å². The molecule has 29 heavy (non-hydrogen) atoms. The maximum absolute atomic E-state index is 12.6. The minimum atomic E-state index is -3.00. The molecule has 0 fully saturated rings. The number of carbonyl (C=O) groups excluding carboxylic acids is 1. The summed E-state index contributed by atoms with van der Waals surface area (Å²) >= 11 is 3.17. The predicted molar refractivity (Wildman–Crippen MR) is 101 cm³/mol. The second-order valence-corrected chi connectivity index (χ2v) is 6.71. The average molecular weight is 463 g/mol. The van der Waals surface area contributed by atoms with E-state index in [1.165, 1.54) is 35.4 Å². The first-order valence-electron chi connectivity index (χ1n) is 8.20. The Morgan fingerprint density at radius 1 is 1.31 bits per heavy atom. The van der Waals surface area contributed by atoms with Gasteiger partial charge in [0.25, 0.3) is 5.91 Å². The minimum absolute atomic E-state index is 0.129. The molecule has 1 atom stereocenters. The molecule has 1 N–H and O–H groups in total. The third kappa shape index (κ3) is 4.91. The van der Waals surface area contributed by atoms with E-state index < -0.39 is 18.6 Å². The van der Waals surface area contributed by atoms with Gasteiger partial charge in [0.1, 0.15) is 18.1 Å². The van der Waals surface area contributed by atoms with E-state index in [0.29, 0.717) is 21.7 Å². The molecular weight excluding hydrogens is 450 g/mol. The maximum atomic E-state index is 12.6. The number of ether oxygens (including phenoxy) is 1. The largest absolute Gasteiger partial charge is 0.435 e. The quantitative estimate of drug-likeness (QED) is 0.601. The van der Waals surface area contributed by atoms with Crippen LogP contribution in [-0.2, 0) is 0 Å². The minimum Gasteiger partial charge on any atom is -0.435 e. The van der Waals surface area contributed by atoms with Gasteiger partial charge in [-0.2, -0.15) is 23.8 Å². The van der Waals surface area contributed by atoms with E-state index in [9.17, 15) is 13.6 Å². The lowest BCUT2D eigenvalue weighted by molar-refractivity contribution is -0.0499. The van der Waals surface area contributed by atoms with Crippen molar-refractivity contribution in [2.24, 2.45) is 0 Å². The molecule has 0 saturated heterocycles. The van der Waals surface area contributed by atoms with Gasteiger partial charge in [-0.05, 0) is 37.3 Å². The highest BCUT2D eigenvalue weighted by Gasteiger charge is 2.19. The number of aromatic nitrogens is 4. The van der Waals surface area contributed by atoms with Crippen molar-refractivity contribution in [1.29, 1.82) is 5.26 Å². The van der Waals surface area contributed by atoms with Crippen LogP contribution in [-0.4, -0.2) is 32.3 Å². The zero-order valence-corrected chi connectivity index (χ0v) is 16.5. The highest BCUT2D eigenvalue weighted by Crippen LogP contribution is 2.24. The summed E-state index contributed by atoms with van der Waals surface area (Å²) in [6.07, 6.45) is 2.71. The number of amides is 1. The third-order valence-corrected chi connectivity index (χ3v) is 4.22. The van der Waals surface area contributed by atoms with Crippen molar-refractivity contribution in [3.05, 3.63) is 64.3 Å². The third-order valence-electron chi connectivity index (χ3n) is 3.76. The summed E-state index contributed by atoms with van der Waals surface area (Å²) < 4.78 is 31.1. The second kappa shape index (κ2) is 8.74. The Morgan fingerprint density at radius 2 is 2.10 bits per heavy atom. The van der Waals surface area contributed by atoms with Gasteiger partial charge in [0.05, 0.1) is 11.6 Å². The lowest BCUT2D eigenvalue weighted by Crippen LogP contribution is -2.29. The van der Waals surface area contributed by atoms with Crippen molar-refractivity contribution in [1.82, 2.24) is 25.1 Å². The maximum Gasteiger partial charge on any atom is 0.387 e. The first-order chi connectivity index (χ1) is 13.9. The van der Waals surface area contributed by atoms with Gasteiger partial charge in [-0.25, -0.2) is 9.97 Å². The average Bonchev–Trinajstić information content (AvgIpc) is 3.17. The van der Waals surface area contributed by atoms with E-state index in [1.54, 1.807) is 19.1 Å². The molecule has 1 aromatic carbocycles. The number of hydrogen-bond acceptors (Lipinski definition) is 6. The Kier molecular flexibility index (Phi) is 6.13. The first-order valence-corrected chi connectivity index (χ1v) is 8.99. The lowest BCUT2D eigenvalue weighted by Gasteiger charge is -2.15. The predicted octanol–water partition coefficient (Wildman–Crippen LogP) is 3.39. The molecule has 0 aliphatic carbocycles. The molecule has 148 valence electrons. The standard InChI is InChI=1S/C18H13BrF2N6O2/c1-10(16-24-9-25-27(16)15-3-2-11(7-22)8-23-15)26-17(28)12-4-13(19)6-14(5-12)29-18(20)21/h2-6,8-10,18H,1H3,(H,26,28). The Labute approximate surface area is 172 Å². The normalized spacial score (nSPS) is 11.7. The van der Waals surface area contributed by atoms with Crippen LogP contribution in [0, 0.1) is 11.3 Å².